The summed E-state index contributed by atoms with van der Waals surface area (Å²) in [5.41, 5.74) is 2.90. The van der Waals surface area contributed by atoms with Crippen LogP contribution in [0.2, 0.25) is 5.15 Å². The predicted octanol–water partition coefficient (Wildman–Crippen LogP) is 4.00. The first-order valence-corrected chi connectivity index (χ1v) is 11.6. The molecular weight excluding hydrogens is 446 g/mol. The first kappa shape index (κ1) is 20.7. The van der Waals surface area contributed by atoms with Crippen molar-refractivity contribution in [2.75, 3.05) is 0 Å². The number of fused-ring (bicyclic) bond motifs is 3. The van der Waals surface area contributed by atoms with Gasteiger partial charge in [-0.15, -0.1) is 11.3 Å². The molecule has 1 atom stereocenters. The SMILES string of the molecule is Cn1c(=O)c2c(-c3cccc(C#N)c3)n3c(c2n(C)c1=O)[C@H](c1nc(Cl)cs1)CCCC3. The highest BCUT2D eigenvalue weighted by atomic mass is 35.5. The highest BCUT2D eigenvalue weighted by molar-refractivity contribution is 7.10. The maximum atomic E-state index is 13.4. The van der Waals surface area contributed by atoms with Crippen LogP contribution >= 0.6 is 22.9 Å². The predicted molar refractivity (Wildman–Crippen MR) is 125 cm³/mol. The number of nitriles is 1. The molecule has 0 fully saturated rings. The van der Waals surface area contributed by atoms with Gasteiger partial charge in [-0.05, 0) is 25.0 Å². The third kappa shape index (κ3) is 3.04. The molecule has 0 aliphatic carbocycles. The number of rotatable bonds is 2. The fourth-order valence-corrected chi connectivity index (χ4v) is 5.88. The maximum absolute atomic E-state index is 13.4. The Morgan fingerprint density at radius 1 is 1.22 bits per heavy atom. The van der Waals surface area contributed by atoms with Crippen LogP contribution < -0.4 is 11.2 Å². The van der Waals surface area contributed by atoms with Crippen LogP contribution in [0.1, 0.15) is 41.4 Å². The summed E-state index contributed by atoms with van der Waals surface area (Å²) in [7, 11) is 3.21. The lowest BCUT2D eigenvalue weighted by atomic mass is 9.99. The van der Waals surface area contributed by atoms with Crippen molar-refractivity contribution >= 4 is 33.8 Å². The summed E-state index contributed by atoms with van der Waals surface area (Å²) < 4.78 is 4.87. The Labute approximate surface area is 192 Å². The van der Waals surface area contributed by atoms with E-state index in [9.17, 15) is 14.9 Å². The molecule has 0 N–H and O–H groups in total. The van der Waals surface area contributed by atoms with Gasteiger partial charge in [0.25, 0.3) is 5.56 Å². The van der Waals surface area contributed by atoms with E-state index in [4.69, 9.17) is 11.6 Å². The summed E-state index contributed by atoms with van der Waals surface area (Å²) in [6, 6.07) is 9.45. The minimum absolute atomic E-state index is 0.0805. The molecule has 0 saturated carbocycles. The Kier molecular flexibility index (Phi) is 5.03. The molecule has 1 aromatic carbocycles. The molecule has 0 radical (unpaired) electrons. The zero-order valence-electron chi connectivity index (χ0n) is 17.6. The molecule has 162 valence electrons. The zero-order valence-corrected chi connectivity index (χ0v) is 19.2. The Bertz CT molecular complexity index is 1530. The average molecular weight is 466 g/mol. The molecule has 0 amide bonds. The van der Waals surface area contributed by atoms with Crippen LogP contribution in [0.15, 0.2) is 39.2 Å². The highest BCUT2D eigenvalue weighted by Gasteiger charge is 2.32. The quantitative estimate of drug-likeness (QED) is 0.447. The lowest BCUT2D eigenvalue weighted by Gasteiger charge is -2.16. The minimum atomic E-state index is -0.367. The monoisotopic (exact) mass is 465 g/mol. The molecule has 5 rings (SSSR count). The lowest BCUT2D eigenvalue weighted by molar-refractivity contribution is 0.633. The Balaban J connectivity index is 1.97. The van der Waals surface area contributed by atoms with Crippen molar-refractivity contribution < 1.29 is 0 Å². The van der Waals surface area contributed by atoms with Crippen LogP contribution in [0.3, 0.4) is 0 Å². The van der Waals surface area contributed by atoms with Gasteiger partial charge >= 0.3 is 5.69 Å². The standard InChI is InChI=1S/C23H20ClN5O2S/c1-27-20-17(22(30)28(2)23(27)31)18(14-7-5-6-13(10-14)11-25)29-9-4-3-8-15(19(20)29)21-26-16(24)12-32-21/h5-7,10,12,15H,3-4,8-9H2,1-2H3/t15-/m1/s1. The van der Waals surface area contributed by atoms with Gasteiger partial charge in [0.2, 0.25) is 0 Å². The number of aryl methyl sites for hydroxylation is 1. The first-order valence-electron chi connectivity index (χ1n) is 10.4. The molecule has 0 saturated heterocycles. The van der Waals surface area contributed by atoms with Gasteiger partial charge in [0.1, 0.15) is 10.2 Å². The topological polar surface area (TPSA) is 85.6 Å². The molecule has 1 aliphatic rings. The van der Waals surface area contributed by atoms with Crippen molar-refractivity contribution in [1.82, 2.24) is 18.7 Å². The molecule has 0 spiro atoms. The van der Waals surface area contributed by atoms with Gasteiger partial charge in [0, 0.05) is 31.6 Å². The Morgan fingerprint density at radius 3 is 2.75 bits per heavy atom. The van der Waals surface area contributed by atoms with Crippen LogP contribution in [0, 0.1) is 11.3 Å². The van der Waals surface area contributed by atoms with Crippen LogP contribution in [0.4, 0.5) is 0 Å². The molecule has 32 heavy (non-hydrogen) atoms. The van der Waals surface area contributed by atoms with Gasteiger partial charge in [0.05, 0.1) is 39.8 Å². The second-order valence-electron chi connectivity index (χ2n) is 8.06. The molecule has 7 nitrogen and oxygen atoms in total. The van der Waals surface area contributed by atoms with Gasteiger partial charge in [0.15, 0.2) is 0 Å². The number of hydrogen-bond acceptors (Lipinski definition) is 5. The van der Waals surface area contributed by atoms with E-state index in [1.165, 1.54) is 18.4 Å². The van der Waals surface area contributed by atoms with Gasteiger partial charge in [-0.2, -0.15) is 5.26 Å². The fourth-order valence-electron chi connectivity index (χ4n) is 4.78. The summed E-state index contributed by atoms with van der Waals surface area (Å²) in [6.45, 7) is 0.711. The molecule has 3 aromatic heterocycles. The van der Waals surface area contributed by atoms with E-state index in [-0.39, 0.29) is 17.2 Å². The number of nitrogens with zero attached hydrogens (tertiary/aromatic N) is 5. The third-order valence-electron chi connectivity index (χ3n) is 6.22. The van der Waals surface area contributed by atoms with Crippen molar-refractivity contribution in [2.45, 2.75) is 31.7 Å². The number of aromatic nitrogens is 4. The number of thiazole rings is 1. The van der Waals surface area contributed by atoms with Crippen molar-refractivity contribution in [1.29, 1.82) is 5.26 Å². The second kappa shape index (κ2) is 7.76. The van der Waals surface area contributed by atoms with E-state index in [0.717, 1.165) is 45.8 Å². The summed E-state index contributed by atoms with van der Waals surface area (Å²) in [5.74, 6) is -0.0805. The fraction of sp³-hybridized carbons (Fsp3) is 0.304. The smallest absolute Gasteiger partial charge is 0.331 e. The number of halogens is 1. The van der Waals surface area contributed by atoms with Crippen molar-refractivity contribution in [2.24, 2.45) is 14.1 Å². The van der Waals surface area contributed by atoms with Crippen LogP contribution in [-0.4, -0.2) is 18.7 Å². The molecule has 0 unspecified atom stereocenters. The molecule has 0 bridgehead atoms. The highest BCUT2D eigenvalue weighted by Crippen LogP contribution is 2.43. The molecule has 9 heteroatoms. The Morgan fingerprint density at radius 2 is 2.03 bits per heavy atom. The Hall–Kier alpha value is -3.15. The van der Waals surface area contributed by atoms with Crippen LogP contribution in [0.5, 0.6) is 0 Å². The van der Waals surface area contributed by atoms with Gasteiger partial charge in [-0.25, -0.2) is 9.78 Å². The second-order valence-corrected chi connectivity index (χ2v) is 9.34. The first-order chi connectivity index (χ1) is 15.4. The van der Waals surface area contributed by atoms with Crippen molar-refractivity contribution in [3.8, 4) is 17.3 Å². The van der Waals surface area contributed by atoms with E-state index in [1.54, 1.807) is 23.7 Å². The maximum Gasteiger partial charge on any atom is 0.331 e. The van der Waals surface area contributed by atoms with E-state index in [0.29, 0.717) is 28.2 Å². The van der Waals surface area contributed by atoms with Gasteiger partial charge < -0.3 is 4.57 Å². The van der Waals surface area contributed by atoms with Crippen molar-refractivity contribution in [3.63, 3.8) is 0 Å². The largest absolute Gasteiger partial charge is 0.341 e. The van der Waals surface area contributed by atoms with Gasteiger partial charge in [-0.3, -0.25) is 13.9 Å². The summed E-state index contributed by atoms with van der Waals surface area (Å²) in [5, 5.41) is 13.1. The normalized spacial score (nSPS) is 16.0. The lowest BCUT2D eigenvalue weighted by Crippen LogP contribution is -2.37. The summed E-state index contributed by atoms with van der Waals surface area (Å²) >= 11 is 7.65. The molecular formula is C23H20ClN5O2S. The molecule has 4 aromatic rings. The van der Waals surface area contributed by atoms with E-state index in [1.807, 2.05) is 17.5 Å². The summed E-state index contributed by atoms with van der Waals surface area (Å²) in [6.07, 6.45) is 2.77. The zero-order chi connectivity index (χ0) is 22.6. The number of hydrogen-bond donors (Lipinski definition) is 0. The molecule has 4 heterocycles. The van der Waals surface area contributed by atoms with E-state index in [2.05, 4.69) is 15.6 Å². The van der Waals surface area contributed by atoms with Crippen molar-refractivity contribution in [3.05, 3.63) is 71.9 Å². The van der Waals surface area contributed by atoms with E-state index >= 15 is 0 Å². The molecule has 1 aliphatic heterocycles. The van der Waals surface area contributed by atoms with E-state index < -0.39 is 0 Å². The van der Waals surface area contributed by atoms with Gasteiger partial charge in [-0.1, -0.05) is 30.2 Å². The average Bonchev–Trinajstić information content (AvgIpc) is 3.31. The summed E-state index contributed by atoms with van der Waals surface area (Å²) in [4.78, 5) is 30.9. The third-order valence-corrected chi connectivity index (χ3v) is 7.50. The van der Waals surface area contributed by atoms with Crippen LogP contribution in [-0.2, 0) is 20.6 Å². The number of benzene rings is 1. The minimum Gasteiger partial charge on any atom is -0.341 e. The van der Waals surface area contributed by atoms with Crippen LogP contribution in [0.25, 0.3) is 22.2 Å².